The van der Waals surface area contributed by atoms with E-state index in [9.17, 15) is 14.4 Å². The number of anilines is 1. The van der Waals surface area contributed by atoms with Crippen molar-refractivity contribution in [1.29, 1.82) is 5.26 Å². The normalized spacial score (nSPS) is 19.0. The molecule has 2 saturated heterocycles. The SMILES string of the molecule is C=C(F)C(=O)N1CCN(c2nc(OC[C@@H]3CCCN3C)nc3c(F)c(-c4cccc5cccc(Cl)c45)ccc23)C[C@@H]1CC#N. The van der Waals surface area contributed by atoms with Crippen LogP contribution in [0.5, 0.6) is 6.01 Å². The predicted molar refractivity (Wildman–Crippen MR) is 167 cm³/mol. The molecular formula is C33H31ClF2N6O2. The largest absolute Gasteiger partial charge is 0.462 e. The van der Waals surface area contributed by atoms with Gasteiger partial charge in [-0.15, -0.1) is 0 Å². The molecule has 0 aliphatic carbocycles. The van der Waals surface area contributed by atoms with E-state index in [1.54, 1.807) is 18.2 Å². The molecule has 2 aliphatic heterocycles. The maximum atomic E-state index is 16.6. The summed E-state index contributed by atoms with van der Waals surface area (Å²) < 4.78 is 36.5. The third-order valence-electron chi connectivity index (χ3n) is 8.59. The van der Waals surface area contributed by atoms with Gasteiger partial charge >= 0.3 is 6.01 Å². The molecule has 0 radical (unpaired) electrons. The van der Waals surface area contributed by atoms with E-state index in [2.05, 4.69) is 22.5 Å². The van der Waals surface area contributed by atoms with Gasteiger partial charge < -0.3 is 19.4 Å². The van der Waals surface area contributed by atoms with Crippen LogP contribution >= 0.6 is 11.6 Å². The van der Waals surface area contributed by atoms with E-state index in [0.29, 0.717) is 34.0 Å². The lowest BCUT2D eigenvalue weighted by molar-refractivity contribution is -0.131. The monoisotopic (exact) mass is 616 g/mol. The van der Waals surface area contributed by atoms with Crippen molar-refractivity contribution in [3.05, 3.63) is 71.8 Å². The average Bonchev–Trinajstić information content (AvgIpc) is 3.44. The van der Waals surface area contributed by atoms with Crippen LogP contribution in [0.2, 0.25) is 5.02 Å². The molecule has 1 amide bonds. The molecule has 1 aromatic heterocycles. The number of amides is 1. The predicted octanol–water partition coefficient (Wildman–Crippen LogP) is 6.13. The van der Waals surface area contributed by atoms with Gasteiger partial charge in [0.15, 0.2) is 11.6 Å². The van der Waals surface area contributed by atoms with E-state index in [1.165, 1.54) is 4.90 Å². The molecule has 44 heavy (non-hydrogen) atoms. The van der Waals surface area contributed by atoms with Gasteiger partial charge in [-0.05, 0) is 49.5 Å². The molecule has 2 aliphatic rings. The molecule has 0 bridgehead atoms. The second kappa shape index (κ2) is 12.3. The maximum Gasteiger partial charge on any atom is 0.319 e. The number of piperazine rings is 1. The van der Waals surface area contributed by atoms with Crippen molar-refractivity contribution in [3.8, 4) is 23.2 Å². The van der Waals surface area contributed by atoms with Crippen LogP contribution in [0, 0.1) is 17.1 Å². The van der Waals surface area contributed by atoms with Crippen molar-refractivity contribution in [3.63, 3.8) is 0 Å². The van der Waals surface area contributed by atoms with Crippen LogP contribution in [-0.2, 0) is 4.79 Å². The summed E-state index contributed by atoms with van der Waals surface area (Å²) in [6, 6.07) is 16.3. The first-order valence-electron chi connectivity index (χ1n) is 14.5. The maximum absolute atomic E-state index is 16.6. The molecule has 3 aromatic carbocycles. The summed E-state index contributed by atoms with van der Waals surface area (Å²) in [5.74, 6) is -2.05. The number of carbonyl (C=O) groups is 1. The highest BCUT2D eigenvalue weighted by atomic mass is 35.5. The standard InChI is InChI=1S/C33H31ClF2N6O2/c1-20(35)32(43)42-17-16-41(18-22(42)13-14-37)31-26-12-11-25(24-9-3-6-21-7-4-10-27(34)28(21)24)29(36)30(26)38-33(39-31)44-19-23-8-5-15-40(23)2/h3-4,6-7,9-12,22-23H,1,5,8,13,15-19H2,2H3/t22-,23-/m0/s1. The van der Waals surface area contributed by atoms with Crippen molar-refractivity contribution < 1.29 is 18.3 Å². The van der Waals surface area contributed by atoms with E-state index in [0.717, 1.165) is 30.2 Å². The topological polar surface area (TPSA) is 85.6 Å². The van der Waals surface area contributed by atoms with Crippen LogP contribution < -0.4 is 9.64 Å². The zero-order chi connectivity index (χ0) is 31.0. The van der Waals surface area contributed by atoms with Gasteiger partial charge in [-0.3, -0.25) is 4.79 Å². The minimum atomic E-state index is -1.08. The van der Waals surface area contributed by atoms with E-state index >= 15 is 4.39 Å². The molecule has 0 spiro atoms. The number of fused-ring (bicyclic) bond motifs is 2. The van der Waals surface area contributed by atoms with Gasteiger partial charge in [0, 0.05) is 47.0 Å². The van der Waals surface area contributed by atoms with Gasteiger partial charge in [0.2, 0.25) is 0 Å². The number of hydrogen-bond donors (Lipinski definition) is 0. The molecule has 3 heterocycles. The van der Waals surface area contributed by atoms with Crippen molar-refractivity contribution in [2.45, 2.75) is 31.3 Å². The Bertz CT molecular complexity index is 1810. The lowest BCUT2D eigenvalue weighted by Gasteiger charge is -2.41. The first-order valence-corrected chi connectivity index (χ1v) is 14.9. The Hall–Kier alpha value is -4.33. The van der Waals surface area contributed by atoms with Crippen LogP contribution in [0.4, 0.5) is 14.6 Å². The number of benzene rings is 3. The van der Waals surface area contributed by atoms with Gasteiger partial charge in [0.05, 0.1) is 18.5 Å². The van der Waals surface area contributed by atoms with Crippen LogP contribution in [-0.4, -0.2) is 77.6 Å². The fraction of sp³-hybridized carbons (Fsp3) is 0.333. The molecule has 226 valence electrons. The summed E-state index contributed by atoms with van der Waals surface area (Å²) in [6.45, 7) is 5.05. The van der Waals surface area contributed by atoms with E-state index in [1.807, 2.05) is 42.3 Å². The zero-order valence-electron chi connectivity index (χ0n) is 24.3. The molecule has 2 atom stereocenters. The van der Waals surface area contributed by atoms with E-state index < -0.39 is 23.6 Å². The van der Waals surface area contributed by atoms with Gasteiger partial charge in [-0.2, -0.15) is 15.2 Å². The third-order valence-corrected chi connectivity index (χ3v) is 8.90. The molecule has 11 heteroatoms. The van der Waals surface area contributed by atoms with Gasteiger partial charge in [0.1, 0.15) is 17.9 Å². The molecule has 4 aromatic rings. The van der Waals surface area contributed by atoms with Crippen molar-refractivity contribution in [2.75, 3.05) is 44.7 Å². The van der Waals surface area contributed by atoms with Crippen molar-refractivity contribution in [1.82, 2.24) is 19.8 Å². The average molecular weight is 617 g/mol. The summed E-state index contributed by atoms with van der Waals surface area (Å²) in [5.41, 5.74) is 1.05. The molecule has 0 unspecified atom stereocenters. The number of likely N-dealkylation sites (N-methyl/N-ethyl adjacent to an activating group) is 1. The Morgan fingerprint density at radius 1 is 1.11 bits per heavy atom. The fourth-order valence-corrected chi connectivity index (χ4v) is 6.55. The lowest BCUT2D eigenvalue weighted by atomic mass is 9.96. The molecule has 0 N–H and O–H groups in total. The first kappa shape index (κ1) is 29.7. The summed E-state index contributed by atoms with van der Waals surface area (Å²) in [6.07, 6.45) is 2.02. The highest BCUT2D eigenvalue weighted by molar-refractivity contribution is 6.36. The fourth-order valence-electron chi connectivity index (χ4n) is 6.27. The number of rotatable bonds is 7. The van der Waals surface area contributed by atoms with Crippen molar-refractivity contribution in [2.24, 2.45) is 0 Å². The van der Waals surface area contributed by atoms with Crippen LogP contribution in [0.1, 0.15) is 19.3 Å². The molecule has 6 rings (SSSR count). The highest BCUT2D eigenvalue weighted by Crippen LogP contribution is 2.39. The Morgan fingerprint density at radius 3 is 2.64 bits per heavy atom. The molecule has 0 saturated carbocycles. The minimum Gasteiger partial charge on any atom is -0.462 e. The highest BCUT2D eigenvalue weighted by Gasteiger charge is 2.34. The quantitative estimate of drug-likeness (QED) is 0.231. The summed E-state index contributed by atoms with van der Waals surface area (Å²) in [5, 5.41) is 12.0. The molecule has 2 fully saturated rings. The van der Waals surface area contributed by atoms with E-state index in [-0.39, 0.29) is 43.6 Å². The van der Waals surface area contributed by atoms with Gasteiger partial charge in [-0.25, -0.2) is 8.78 Å². The number of nitrogens with zero attached hydrogens (tertiary/aromatic N) is 6. The molecular weight excluding hydrogens is 586 g/mol. The van der Waals surface area contributed by atoms with Crippen LogP contribution in [0.15, 0.2) is 60.9 Å². The van der Waals surface area contributed by atoms with Crippen LogP contribution in [0.25, 0.3) is 32.8 Å². The minimum absolute atomic E-state index is 0.0176. The second-order valence-corrected chi connectivity index (χ2v) is 11.7. The lowest BCUT2D eigenvalue weighted by Crippen LogP contribution is -2.55. The number of carbonyl (C=O) groups excluding carboxylic acids is 1. The number of aromatic nitrogens is 2. The van der Waals surface area contributed by atoms with Crippen molar-refractivity contribution >= 4 is 45.0 Å². The van der Waals surface area contributed by atoms with Crippen LogP contribution in [0.3, 0.4) is 0 Å². The Labute approximate surface area is 259 Å². The number of ether oxygens (including phenoxy) is 1. The number of hydrogen-bond acceptors (Lipinski definition) is 7. The first-order chi connectivity index (χ1) is 21.3. The summed E-state index contributed by atoms with van der Waals surface area (Å²) in [4.78, 5) is 27.2. The van der Waals surface area contributed by atoms with Gasteiger partial charge in [-0.1, -0.05) is 54.6 Å². The third kappa shape index (κ3) is 5.53. The Morgan fingerprint density at radius 2 is 1.91 bits per heavy atom. The Balaban J connectivity index is 1.45. The Kier molecular flexibility index (Phi) is 8.34. The zero-order valence-corrected chi connectivity index (χ0v) is 25.0. The summed E-state index contributed by atoms with van der Waals surface area (Å²) in [7, 11) is 2.04. The van der Waals surface area contributed by atoms with Gasteiger partial charge in [0.25, 0.3) is 5.91 Å². The summed E-state index contributed by atoms with van der Waals surface area (Å²) >= 11 is 6.58. The smallest absolute Gasteiger partial charge is 0.319 e. The van der Waals surface area contributed by atoms with E-state index in [4.69, 9.17) is 21.3 Å². The number of halogens is 3. The molecule has 8 nitrogen and oxygen atoms in total. The number of nitriles is 1. The number of likely N-dealkylation sites (tertiary alicyclic amines) is 1. The second-order valence-electron chi connectivity index (χ2n) is 11.2.